The Morgan fingerprint density at radius 1 is 1.53 bits per heavy atom. The largest absolute Gasteiger partial charge is 0.390 e. The van der Waals surface area contributed by atoms with Crippen molar-refractivity contribution in [3.05, 3.63) is 18.6 Å². The van der Waals surface area contributed by atoms with Crippen LogP contribution in [0.1, 0.15) is 25.8 Å². The molecule has 3 rings (SSSR count). The maximum absolute atomic E-state index is 9.68. The summed E-state index contributed by atoms with van der Waals surface area (Å²) in [7, 11) is 0. The van der Waals surface area contributed by atoms with Gasteiger partial charge in [0.2, 0.25) is 0 Å². The summed E-state index contributed by atoms with van der Waals surface area (Å²) in [6, 6.07) is 2.15. The van der Waals surface area contributed by atoms with E-state index in [9.17, 15) is 5.11 Å². The summed E-state index contributed by atoms with van der Waals surface area (Å²) in [6.07, 6.45) is 4.93. The van der Waals surface area contributed by atoms with Crippen molar-refractivity contribution < 1.29 is 5.11 Å². The fourth-order valence-electron chi connectivity index (χ4n) is 2.20. The van der Waals surface area contributed by atoms with Gasteiger partial charge in [0.05, 0.1) is 18.1 Å². The molecule has 0 radical (unpaired) electrons. The summed E-state index contributed by atoms with van der Waals surface area (Å²) in [5.41, 5.74) is 1.14. The van der Waals surface area contributed by atoms with Crippen LogP contribution < -0.4 is 0 Å². The van der Waals surface area contributed by atoms with Crippen LogP contribution in [0.2, 0.25) is 0 Å². The average Bonchev–Trinajstić information content (AvgIpc) is 2.57. The molecule has 1 saturated carbocycles. The standard InChI is InChI=1S/C10H12N4O/c1-10(15)4-7(5-10)14-6-11-8-2-3-12-13-9(8)14/h2-3,6-7,15H,4-5H2,1H3. The van der Waals surface area contributed by atoms with Crippen molar-refractivity contribution in [3.63, 3.8) is 0 Å². The molecule has 0 amide bonds. The topological polar surface area (TPSA) is 63.8 Å². The van der Waals surface area contributed by atoms with Crippen LogP contribution in [0.25, 0.3) is 11.2 Å². The highest BCUT2D eigenvalue weighted by atomic mass is 16.3. The third-order valence-electron chi connectivity index (χ3n) is 2.99. The lowest BCUT2D eigenvalue weighted by Crippen LogP contribution is -2.41. The van der Waals surface area contributed by atoms with Gasteiger partial charge in [0.15, 0.2) is 5.65 Å². The minimum absolute atomic E-state index is 0.307. The van der Waals surface area contributed by atoms with Gasteiger partial charge in [0.25, 0.3) is 0 Å². The summed E-state index contributed by atoms with van der Waals surface area (Å²) in [4.78, 5) is 4.25. The fraction of sp³-hybridized carbons (Fsp3) is 0.500. The number of imidazole rings is 1. The molecule has 5 nitrogen and oxygen atoms in total. The molecule has 1 N–H and O–H groups in total. The van der Waals surface area contributed by atoms with Gasteiger partial charge < -0.3 is 9.67 Å². The molecule has 0 aliphatic heterocycles. The zero-order chi connectivity index (χ0) is 10.5. The summed E-state index contributed by atoms with van der Waals surface area (Å²) < 4.78 is 2.00. The molecule has 2 heterocycles. The number of hydrogen-bond acceptors (Lipinski definition) is 4. The van der Waals surface area contributed by atoms with Gasteiger partial charge in [-0.25, -0.2) is 4.98 Å². The second kappa shape index (κ2) is 2.76. The van der Waals surface area contributed by atoms with Crippen LogP contribution >= 0.6 is 0 Å². The Labute approximate surface area is 86.8 Å². The number of aliphatic hydroxyl groups is 1. The van der Waals surface area contributed by atoms with E-state index in [-0.39, 0.29) is 0 Å². The van der Waals surface area contributed by atoms with E-state index in [4.69, 9.17) is 0 Å². The predicted molar refractivity (Wildman–Crippen MR) is 54.2 cm³/mol. The van der Waals surface area contributed by atoms with Crippen molar-refractivity contribution in [2.45, 2.75) is 31.4 Å². The molecule has 0 atom stereocenters. The third kappa shape index (κ3) is 1.31. The molecule has 2 aromatic heterocycles. The molecule has 0 bridgehead atoms. The minimum atomic E-state index is -0.524. The number of hydrogen-bond donors (Lipinski definition) is 1. The number of aromatic nitrogens is 4. The van der Waals surface area contributed by atoms with Gasteiger partial charge >= 0.3 is 0 Å². The van der Waals surface area contributed by atoms with Gasteiger partial charge in [-0.1, -0.05) is 0 Å². The van der Waals surface area contributed by atoms with Crippen LogP contribution in [-0.4, -0.2) is 30.5 Å². The van der Waals surface area contributed by atoms with E-state index in [1.165, 1.54) is 0 Å². The van der Waals surface area contributed by atoms with Crippen molar-refractivity contribution in [2.75, 3.05) is 0 Å². The second-order valence-corrected chi connectivity index (χ2v) is 4.45. The Balaban J connectivity index is 1.99. The number of fused-ring (bicyclic) bond motifs is 1. The van der Waals surface area contributed by atoms with Crippen molar-refractivity contribution >= 4 is 11.2 Å². The Morgan fingerprint density at radius 2 is 2.33 bits per heavy atom. The highest BCUT2D eigenvalue weighted by Gasteiger charge is 2.40. The number of nitrogens with zero attached hydrogens (tertiary/aromatic N) is 4. The molecule has 2 aromatic rings. The SMILES string of the molecule is CC1(O)CC(n2cnc3ccnnc32)C1. The van der Waals surface area contributed by atoms with E-state index in [0.717, 1.165) is 24.0 Å². The first-order chi connectivity index (χ1) is 7.16. The molecule has 15 heavy (non-hydrogen) atoms. The molecule has 0 aromatic carbocycles. The first-order valence-corrected chi connectivity index (χ1v) is 5.02. The zero-order valence-electron chi connectivity index (χ0n) is 8.46. The zero-order valence-corrected chi connectivity index (χ0v) is 8.46. The molecular formula is C10H12N4O. The van der Waals surface area contributed by atoms with E-state index in [0.29, 0.717) is 6.04 Å². The maximum atomic E-state index is 9.68. The molecule has 5 heteroatoms. The van der Waals surface area contributed by atoms with Crippen molar-refractivity contribution in [2.24, 2.45) is 0 Å². The predicted octanol–water partition coefficient (Wildman–Crippen LogP) is 0.912. The van der Waals surface area contributed by atoms with Crippen LogP contribution in [-0.2, 0) is 0 Å². The molecule has 1 fully saturated rings. The van der Waals surface area contributed by atoms with Crippen LogP contribution in [0.4, 0.5) is 0 Å². The van der Waals surface area contributed by atoms with Crippen molar-refractivity contribution in [1.82, 2.24) is 19.7 Å². The van der Waals surface area contributed by atoms with Gasteiger partial charge in [0, 0.05) is 6.04 Å². The lowest BCUT2D eigenvalue weighted by molar-refractivity contribution is -0.0499. The summed E-state index contributed by atoms with van der Waals surface area (Å²) in [5, 5.41) is 17.6. The first-order valence-electron chi connectivity index (χ1n) is 5.02. The molecule has 0 saturated heterocycles. The second-order valence-electron chi connectivity index (χ2n) is 4.45. The molecule has 0 spiro atoms. The Kier molecular flexibility index (Phi) is 1.62. The van der Waals surface area contributed by atoms with Crippen molar-refractivity contribution in [1.29, 1.82) is 0 Å². The van der Waals surface area contributed by atoms with Crippen molar-refractivity contribution in [3.8, 4) is 0 Å². The Hall–Kier alpha value is -1.49. The summed E-state index contributed by atoms with van der Waals surface area (Å²) in [5.74, 6) is 0. The Morgan fingerprint density at radius 3 is 3.07 bits per heavy atom. The average molecular weight is 204 g/mol. The lowest BCUT2D eigenvalue weighted by Gasteiger charge is -2.41. The Bertz CT molecular complexity index is 497. The van der Waals surface area contributed by atoms with Gasteiger partial charge in [0.1, 0.15) is 5.52 Å². The third-order valence-corrected chi connectivity index (χ3v) is 2.99. The van der Waals surface area contributed by atoms with E-state index in [1.807, 2.05) is 17.6 Å². The smallest absolute Gasteiger partial charge is 0.182 e. The summed E-state index contributed by atoms with van der Waals surface area (Å²) in [6.45, 7) is 1.86. The molecule has 0 unspecified atom stereocenters. The van der Waals surface area contributed by atoms with Gasteiger partial charge in [-0.2, -0.15) is 5.10 Å². The minimum Gasteiger partial charge on any atom is -0.390 e. The maximum Gasteiger partial charge on any atom is 0.182 e. The quantitative estimate of drug-likeness (QED) is 0.750. The van der Waals surface area contributed by atoms with E-state index >= 15 is 0 Å². The molecule has 78 valence electrons. The normalized spacial score (nSPS) is 30.4. The van der Waals surface area contributed by atoms with E-state index < -0.39 is 5.60 Å². The van der Waals surface area contributed by atoms with Crippen LogP contribution in [0.3, 0.4) is 0 Å². The monoisotopic (exact) mass is 204 g/mol. The molecule has 1 aliphatic carbocycles. The van der Waals surface area contributed by atoms with Crippen LogP contribution in [0.15, 0.2) is 18.6 Å². The van der Waals surface area contributed by atoms with Gasteiger partial charge in [-0.3, -0.25) is 0 Å². The first kappa shape index (κ1) is 8.79. The highest BCUT2D eigenvalue weighted by molar-refractivity contribution is 5.69. The van der Waals surface area contributed by atoms with E-state index in [2.05, 4.69) is 15.2 Å². The molecule has 1 aliphatic rings. The number of rotatable bonds is 1. The van der Waals surface area contributed by atoms with Crippen LogP contribution in [0, 0.1) is 0 Å². The molecular weight excluding hydrogens is 192 g/mol. The van der Waals surface area contributed by atoms with Gasteiger partial charge in [-0.15, -0.1) is 5.10 Å². The van der Waals surface area contributed by atoms with E-state index in [1.54, 1.807) is 12.5 Å². The lowest BCUT2D eigenvalue weighted by atomic mass is 9.77. The van der Waals surface area contributed by atoms with Crippen LogP contribution in [0.5, 0.6) is 0 Å². The highest BCUT2D eigenvalue weighted by Crippen LogP contribution is 2.41. The summed E-state index contributed by atoms with van der Waals surface area (Å²) >= 11 is 0. The fourth-order valence-corrected chi connectivity index (χ4v) is 2.20. The van der Waals surface area contributed by atoms with Gasteiger partial charge in [-0.05, 0) is 25.8 Å².